The van der Waals surface area contributed by atoms with Gasteiger partial charge in [0.1, 0.15) is 0 Å². The third-order valence-electron chi connectivity index (χ3n) is 3.03. The van der Waals surface area contributed by atoms with Crippen LogP contribution in [0, 0.1) is 5.92 Å². The van der Waals surface area contributed by atoms with Gasteiger partial charge in [-0.1, -0.05) is 23.3 Å². The van der Waals surface area contributed by atoms with Crippen molar-refractivity contribution in [3.63, 3.8) is 0 Å². The Kier molecular flexibility index (Phi) is 2.49. The van der Waals surface area contributed by atoms with Crippen molar-refractivity contribution >= 4 is 5.95 Å². The molecular weight excluding hydrogens is 216 g/mol. The maximum absolute atomic E-state index is 5.61. The Morgan fingerprint density at radius 1 is 1.24 bits per heavy atom. The molecule has 0 atom stereocenters. The Bertz CT molecular complexity index is 488. The highest BCUT2D eigenvalue weighted by Gasteiger charge is 2.29. The molecule has 1 aromatic carbocycles. The Labute approximate surface area is 99.0 Å². The molecule has 1 fully saturated rings. The van der Waals surface area contributed by atoms with E-state index in [1.54, 1.807) is 4.68 Å². The van der Waals surface area contributed by atoms with E-state index in [2.05, 4.69) is 20.4 Å². The summed E-state index contributed by atoms with van der Waals surface area (Å²) >= 11 is 0. The molecule has 1 aromatic heterocycles. The molecule has 17 heavy (non-hydrogen) atoms. The molecule has 1 aliphatic rings. The molecule has 0 spiro atoms. The summed E-state index contributed by atoms with van der Waals surface area (Å²) in [5.74, 6) is 1.36. The quantitative estimate of drug-likeness (QED) is 0.807. The van der Waals surface area contributed by atoms with Crippen molar-refractivity contribution in [1.82, 2.24) is 20.2 Å². The van der Waals surface area contributed by atoms with E-state index < -0.39 is 0 Å². The van der Waals surface area contributed by atoms with E-state index in [1.807, 2.05) is 30.3 Å². The van der Waals surface area contributed by atoms with Crippen molar-refractivity contribution in [1.29, 1.82) is 0 Å². The minimum atomic E-state index is 0.566. The summed E-state index contributed by atoms with van der Waals surface area (Å²) < 4.78 is 1.76. The van der Waals surface area contributed by atoms with E-state index in [9.17, 15) is 0 Å². The molecule has 1 saturated heterocycles. The minimum Gasteiger partial charge on any atom is -0.339 e. The van der Waals surface area contributed by atoms with Crippen LogP contribution in [0.1, 0.15) is 0 Å². The summed E-state index contributed by atoms with van der Waals surface area (Å²) in [7, 11) is 0. The van der Waals surface area contributed by atoms with E-state index in [1.165, 1.54) is 0 Å². The maximum atomic E-state index is 5.61. The van der Waals surface area contributed by atoms with Gasteiger partial charge in [-0.05, 0) is 29.1 Å². The van der Waals surface area contributed by atoms with Crippen LogP contribution in [-0.2, 0) is 0 Å². The molecule has 0 bridgehead atoms. The van der Waals surface area contributed by atoms with E-state index in [4.69, 9.17) is 5.73 Å². The number of nitrogens with zero attached hydrogens (tertiary/aromatic N) is 5. The third kappa shape index (κ3) is 1.76. The molecule has 0 unspecified atom stereocenters. The highest BCUT2D eigenvalue weighted by atomic mass is 15.6. The Balaban J connectivity index is 1.86. The van der Waals surface area contributed by atoms with Crippen LogP contribution in [0.5, 0.6) is 0 Å². The number of benzene rings is 1. The van der Waals surface area contributed by atoms with Crippen LogP contribution < -0.4 is 10.6 Å². The summed E-state index contributed by atoms with van der Waals surface area (Å²) in [5.41, 5.74) is 6.59. The van der Waals surface area contributed by atoms with Crippen molar-refractivity contribution in [3.8, 4) is 5.69 Å². The predicted octanol–water partition coefficient (Wildman–Crippen LogP) is 0.0572. The number of anilines is 1. The summed E-state index contributed by atoms with van der Waals surface area (Å²) in [4.78, 5) is 2.14. The zero-order valence-corrected chi connectivity index (χ0v) is 9.40. The number of nitrogens with two attached hydrogens (primary N) is 1. The van der Waals surface area contributed by atoms with Gasteiger partial charge in [-0.2, -0.15) is 4.68 Å². The molecular formula is C11H14N6. The Morgan fingerprint density at radius 2 is 2.00 bits per heavy atom. The molecule has 2 aromatic rings. The van der Waals surface area contributed by atoms with Crippen LogP contribution in [0.2, 0.25) is 0 Å². The maximum Gasteiger partial charge on any atom is 0.250 e. The first-order chi connectivity index (χ1) is 8.38. The highest BCUT2D eigenvalue weighted by molar-refractivity contribution is 5.42. The third-order valence-corrected chi connectivity index (χ3v) is 3.03. The van der Waals surface area contributed by atoms with Gasteiger partial charge < -0.3 is 10.6 Å². The summed E-state index contributed by atoms with van der Waals surface area (Å²) in [6.45, 7) is 2.59. The second-order valence-corrected chi connectivity index (χ2v) is 4.23. The first-order valence-electron chi connectivity index (χ1n) is 5.67. The highest BCUT2D eigenvalue weighted by Crippen LogP contribution is 2.23. The van der Waals surface area contributed by atoms with Crippen LogP contribution in [0.15, 0.2) is 30.3 Å². The largest absolute Gasteiger partial charge is 0.339 e. The van der Waals surface area contributed by atoms with Gasteiger partial charge in [0.05, 0.1) is 5.69 Å². The lowest BCUT2D eigenvalue weighted by atomic mass is 10.0. The molecule has 2 heterocycles. The van der Waals surface area contributed by atoms with Crippen molar-refractivity contribution in [2.24, 2.45) is 11.7 Å². The average molecular weight is 230 g/mol. The Morgan fingerprint density at radius 3 is 2.71 bits per heavy atom. The topological polar surface area (TPSA) is 72.9 Å². The van der Waals surface area contributed by atoms with Crippen molar-refractivity contribution in [3.05, 3.63) is 30.3 Å². The van der Waals surface area contributed by atoms with Gasteiger partial charge in [0.2, 0.25) is 5.95 Å². The standard InChI is InChI=1S/C11H14N6/c12-6-9-7-16(8-9)11-13-14-15-17(11)10-4-2-1-3-5-10/h1-5,9H,6-8,12H2. The van der Waals surface area contributed by atoms with Gasteiger partial charge in [-0.15, -0.1) is 0 Å². The van der Waals surface area contributed by atoms with Crippen molar-refractivity contribution in [2.75, 3.05) is 24.5 Å². The zero-order chi connectivity index (χ0) is 11.7. The Hall–Kier alpha value is -1.95. The molecule has 0 amide bonds. The lowest BCUT2D eigenvalue weighted by Crippen LogP contribution is -2.51. The van der Waals surface area contributed by atoms with E-state index in [-0.39, 0.29) is 0 Å². The summed E-state index contributed by atoms with van der Waals surface area (Å²) in [6, 6.07) is 9.89. The van der Waals surface area contributed by atoms with E-state index >= 15 is 0 Å². The van der Waals surface area contributed by atoms with Crippen LogP contribution in [0.25, 0.3) is 5.69 Å². The van der Waals surface area contributed by atoms with Crippen LogP contribution in [0.4, 0.5) is 5.95 Å². The smallest absolute Gasteiger partial charge is 0.250 e. The fourth-order valence-electron chi connectivity index (χ4n) is 2.00. The SMILES string of the molecule is NCC1CN(c2nnnn2-c2ccccc2)C1. The molecule has 1 aliphatic heterocycles. The minimum absolute atomic E-state index is 0.566. The second-order valence-electron chi connectivity index (χ2n) is 4.23. The predicted molar refractivity (Wildman–Crippen MR) is 63.9 cm³/mol. The van der Waals surface area contributed by atoms with Gasteiger partial charge in [-0.25, -0.2) is 0 Å². The van der Waals surface area contributed by atoms with Gasteiger partial charge in [-0.3, -0.25) is 0 Å². The zero-order valence-electron chi connectivity index (χ0n) is 9.40. The normalized spacial score (nSPS) is 15.9. The van der Waals surface area contributed by atoms with Crippen LogP contribution in [-0.4, -0.2) is 39.8 Å². The van der Waals surface area contributed by atoms with Gasteiger partial charge in [0, 0.05) is 19.0 Å². The number of hydrogen-bond acceptors (Lipinski definition) is 5. The first-order valence-corrected chi connectivity index (χ1v) is 5.67. The van der Waals surface area contributed by atoms with Crippen LogP contribution in [0.3, 0.4) is 0 Å². The van der Waals surface area contributed by atoms with Crippen molar-refractivity contribution < 1.29 is 0 Å². The number of hydrogen-bond donors (Lipinski definition) is 1. The molecule has 6 heteroatoms. The number of rotatable bonds is 3. The second kappa shape index (κ2) is 4.14. The molecule has 2 N–H and O–H groups in total. The monoisotopic (exact) mass is 230 g/mol. The van der Waals surface area contributed by atoms with Crippen LogP contribution >= 0.6 is 0 Å². The number of para-hydroxylation sites is 1. The fraction of sp³-hybridized carbons (Fsp3) is 0.364. The fourth-order valence-corrected chi connectivity index (χ4v) is 2.00. The van der Waals surface area contributed by atoms with E-state index in [0.29, 0.717) is 5.92 Å². The lowest BCUT2D eigenvalue weighted by Gasteiger charge is -2.38. The van der Waals surface area contributed by atoms with Gasteiger partial charge in [0.25, 0.3) is 0 Å². The van der Waals surface area contributed by atoms with Crippen molar-refractivity contribution in [2.45, 2.75) is 0 Å². The summed E-state index contributed by atoms with van der Waals surface area (Å²) in [6.07, 6.45) is 0. The molecule has 6 nitrogen and oxygen atoms in total. The van der Waals surface area contributed by atoms with Gasteiger partial charge >= 0.3 is 0 Å². The average Bonchev–Trinajstić information content (AvgIpc) is 2.78. The first kappa shape index (κ1) is 10.2. The van der Waals surface area contributed by atoms with E-state index in [0.717, 1.165) is 31.3 Å². The molecule has 0 saturated carbocycles. The molecule has 0 radical (unpaired) electrons. The molecule has 0 aliphatic carbocycles. The number of aromatic nitrogens is 4. The lowest BCUT2D eigenvalue weighted by molar-refractivity contribution is 0.410. The molecule has 3 rings (SSSR count). The molecule has 88 valence electrons. The number of tetrazole rings is 1. The summed E-state index contributed by atoms with van der Waals surface area (Å²) in [5, 5.41) is 11.8. The van der Waals surface area contributed by atoms with Gasteiger partial charge in [0.15, 0.2) is 0 Å².